The van der Waals surface area contributed by atoms with E-state index >= 15 is 0 Å². The predicted molar refractivity (Wildman–Crippen MR) is 128 cm³/mol. The number of benzene rings is 2. The van der Waals surface area contributed by atoms with Gasteiger partial charge in [0.25, 0.3) is 5.91 Å². The number of aliphatic carboxylic acids is 1. The van der Waals surface area contributed by atoms with Gasteiger partial charge in [-0.05, 0) is 35.1 Å². The van der Waals surface area contributed by atoms with Crippen LogP contribution in [0.25, 0.3) is 11.1 Å². The van der Waals surface area contributed by atoms with Crippen LogP contribution < -0.4 is 5.32 Å². The number of rotatable bonds is 5. The highest BCUT2D eigenvalue weighted by Gasteiger charge is 2.31. The Morgan fingerprint density at radius 1 is 1.03 bits per heavy atom. The van der Waals surface area contributed by atoms with Crippen LogP contribution in [0.5, 0.6) is 0 Å². The second-order valence-corrected chi connectivity index (χ2v) is 8.89. The molecule has 2 N–H and O–H groups in total. The summed E-state index contributed by atoms with van der Waals surface area (Å²) in [5.41, 5.74) is 5.00. The molecule has 2 amide bonds. The van der Waals surface area contributed by atoms with Gasteiger partial charge < -0.3 is 14.7 Å². The first-order valence-electron chi connectivity index (χ1n) is 11.6. The molecule has 35 heavy (non-hydrogen) atoms. The number of aryl methyl sites for hydroxylation is 1. The number of carbonyl (C=O) groups excluding carboxylic acids is 2. The van der Waals surface area contributed by atoms with Gasteiger partial charge in [-0.15, -0.1) is 0 Å². The Hall–Kier alpha value is -4.14. The number of piperidine rings is 1. The molecule has 2 aromatic carbocycles. The van der Waals surface area contributed by atoms with Crippen molar-refractivity contribution in [2.45, 2.75) is 18.8 Å². The van der Waals surface area contributed by atoms with Crippen LogP contribution in [0.4, 0.5) is 10.5 Å². The van der Waals surface area contributed by atoms with E-state index in [0.717, 1.165) is 22.3 Å². The summed E-state index contributed by atoms with van der Waals surface area (Å²) >= 11 is 0. The SMILES string of the molecule is Cn1ncc(NC(=O)OCC2c3ccccc3-c3ccccc32)c1C(=O)N1CCC(C(=O)O)CC1. The first kappa shape index (κ1) is 22.6. The normalized spacial score (nSPS) is 15.4. The summed E-state index contributed by atoms with van der Waals surface area (Å²) < 4.78 is 7.00. The Bertz CT molecular complexity index is 1250. The number of amides is 2. The van der Waals surface area contributed by atoms with Crippen molar-refractivity contribution >= 4 is 23.7 Å². The molecule has 9 nitrogen and oxygen atoms in total. The lowest BCUT2D eigenvalue weighted by molar-refractivity contribution is -0.143. The highest BCUT2D eigenvalue weighted by Crippen LogP contribution is 2.44. The molecule has 5 rings (SSSR count). The van der Waals surface area contributed by atoms with Crippen molar-refractivity contribution < 1.29 is 24.2 Å². The van der Waals surface area contributed by atoms with Gasteiger partial charge in [0.1, 0.15) is 12.3 Å². The summed E-state index contributed by atoms with van der Waals surface area (Å²) in [6, 6.07) is 16.2. The van der Waals surface area contributed by atoms with Crippen LogP contribution in [0.1, 0.15) is 40.4 Å². The minimum absolute atomic E-state index is 0.0707. The zero-order chi connectivity index (χ0) is 24.5. The number of ether oxygens (including phenoxy) is 1. The fourth-order valence-electron chi connectivity index (χ4n) is 5.01. The number of nitrogens with zero attached hydrogens (tertiary/aromatic N) is 3. The molecule has 0 saturated carbocycles. The molecule has 0 spiro atoms. The molecular weight excluding hydrogens is 448 g/mol. The summed E-state index contributed by atoms with van der Waals surface area (Å²) in [6.07, 6.45) is 1.54. The van der Waals surface area contributed by atoms with Gasteiger partial charge in [-0.1, -0.05) is 48.5 Å². The lowest BCUT2D eigenvalue weighted by Crippen LogP contribution is -2.41. The first-order valence-corrected chi connectivity index (χ1v) is 11.6. The minimum Gasteiger partial charge on any atom is -0.481 e. The van der Waals surface area contributed by atoms with E-state index < -0.39 is 18.0 Å². The van der Waals surface area contributed by atoms with E-state index in [-0.39, 0.29) is 29.8 Å². The molecule has 1 aromatic heterocycles. The van der Waals surface area contributed by atoms with Crippen molar-refractivity contribution in [3.05, 3.63) is 71.5 Å². The predicted octanol–water partition coefficient (Wildman–Crippen LogP) is 3.72. The maximum absolute atomic E-state index is 13.1. The smallest absolute Gasteiger partial charge is 0.411 e. The van der Waals surface area contributed by atoms with Crippen molar-refractivity contribution in [2.75, 3.05) is 25.0 Å². The molecule has 3 aromatic rings. The lowest BCUT2D eigenvalue weighted by Gasteiger charge is -2.30. The van der Waals surface area contributed by atoms with E-state index in [1.807, 2.05) is 36.4 Å². The summed E-state index contributed by atoms with van der Waals surface area (Å²) in [6.45, 7) is 0.836. The molecule has 0 unspecified atom stereocenters. The third-order valence-electron chi connectivity index (χ3n) is 6.85. The quantitative estimate of drug-likeness (QED) is 0.583. The van der Waals surface area contributed by atoms with E-state index in [0.29, 0.717) is 25.9 Å². The van der Waals surface area contributed by atoms with Gasteiger partial charge in [0.05, 0.1) is 17.8 Å². The van der Waals surface area contributed by atoms with E-state index in [1.165, 1.54) is 10.9 Å². The fourth-order valence-corrected chi connectivity index (χ4v) is 5.01. The molecule has 9 heteroatoms. The number of carboxylic acids is 1. The number of fused-ring (bicyclic) bond motifs is 3. The highest BCUT2D eigenvalue weighted by atomic mass is 16.5. The van der Waals surface area contributed by atoms with E-state index in [2.05, 4.69) is 22.5 Å². The van der Waals surface area contributed by atoms with Gasteiger partial charge in [-0.2, -0.15) is 5.10 Å². The molecule has 0 atom stereocenters. The number of aromatic nitrogens is 2. The number of nitrogens with one attached hydrogen (secondary N) is 1. The third kappa shape index (κ3) is 4.25. The Balaban J connectivity index is 1.26. The molecule has 1 aliphatic heterocycles. The summed E-state index contributed by atoms with van der Waals surface area (Å²) in [5, 5.41) is 16.0. The molecule has 2 heterocycles. The number of carboxylic acid groups (broad SMARTS) is 1. The topological polar surface area (TPSA) is 114 Å². The number of likely N-dealkylation sites (tertiary alicyclic amines) is 1. The minimum atomic E-state index is -0.838. The highest BCUT2D eigenvalue weighted by molar-refractivity contribution is 6.01. The molecule has 180 valence electrons. The van der Waals surface area contributed by atoms with Crippen molar-refractivity contribution in [3.63, 3.8) is 0 Å². The Morgan fingerprint density at radius 2 is 1.63 bits per heavy atom. The largest absolute Gasteiger partial charge is 0.481 e. The number of hydrogen-bond acceptors (Lipinski definition) is 5. The second-order valence-electron chi connectivity index (χ2n) is 8.89. The maximum Gasteiger partial charge on any atom is 0.411 e. The standard InChI is InChI=1S/C26H26N4O5/c1-29-23(24(31)30-12-10-16(11-13-30)25(32)33)22(14-27-29)28-26(34)35-15-21-19-8-4-2-6-17(19)18-7-3-5-9-20(18)21/h2-9,14,16,21H,10-13,15H2,1H3,(H,28,34)(H,32,33). The molecule has 1 fully saturated rings. The molecule has 1 aliphatic carbocycles. The van der Waals surface area contributed by atoms with Crippen LogP contribution in [0.15, 0.2) is 54.7 Å². The average molecular weight is 475 g/mol. The van der Waals surface area contributed by atoms with Gasteiger partial charge >= 0.3 is 12.1 Å². The average Bonchev–Trinajstić information content (AvgIpc) is 3.39. The molecular formula is C26H26N4O5. The summed E-state index contributed by atoms with van der Waals surface area (Å²) in [5.74, 6) is -1.65. The van der Waals surface area contributed by atoms with Crippen LogP contribution in [0, 0.1) is 5.92 Å². The molecule has 2 aliphatic rings. The van der Waals surface area contributed by atoms with E-state index in [4.69, 9.17) is 4.74 Å². The van der Waals surface area contributed by atoms with Crippen LogP contribution in [-0.2, 0) is 16.6 Å². The van der Waals surface area contributed by atoms with Gasteiger partial charge in [0.2, 0.25) is 0 Å². The Labute approximate surface area is 202 Å². The summed E-state index contributed by atoms with van der Waals surface area (Å²) in [4.78, 5) is 38.6. The molecule has 1 saturated heterocycles. The van der Waals surface area contributed by atoms with Crippen LogP contribution in [-0.4, -0.2) is 57.5 Å². The van der Waals surface area contributed by atoms with Gasteiger partial charge in [0.15, 0.2) is 0 Å². The summed E-state index contributed by atoms with van der Waals surface area (Å²) in [7, 11) is 1.63. The maximum atomic E-state index is 13.1. The zero-order valence-corrected chi connectivity index (χ0v) is 19.3. The van der Waals surface area contributed by atoms with Crippen molar-refractivity contribution in [2.24, 2.45) is 13.0 Å². The number of hydrogen-bond donors (Lipinski definition) is 2. The second kappa shape index (κ2) is 9.25. The fraction of sp³-hybridized carbons (Fsp3) is 0.308. The van der Waals surface area contributed by atoms with Crippen LogP contribution in [0.3, 0.4) is 0 Å². The van der Waals surface area contributed by atoms with Gasteiger partial charge in [-0.3, -0.25) is 19.6 Å². The van der Waals surface area contributed by atoms with Gasteiger partial charge in [0, 0.05) is 26.1 Å². The third-order valence-corrected chi connectivity index (χ3v) is 6.85. The Morgan fingerprint density at radius 3 is 2.23 bits per heavy atom. The monoisotopic (exact) mass is 474 g/mol. The van der Waals surface area contributed by atoms with Gasteiger partial charge in [-0.25, -0.2) is 4.79 Å². The number of anilines is 1. The molecule has 0 radical (unpaired) electrons. The molecule has 0 bridgehead atoms. The first-order chi connectivity index (χ1) is 16.9. The lowest BCUT2D eigenvalue weighted by atomic mass is 9.97. The van der Waals surface area contributed by atoms with Crippen molar-refractivity contribution in [1.29, 1.82) is 0 Å². The van der Waals surface area contributed by atoms with Crippen molar-refractivity contribution in [1.82, 2.24) is 14.7 Å². The van der Waals surface area contributed by atoms with Crippen molar-refractivity contribution in [3.8, 4) is 11.1 Å². The van der Waals surface area contributed by atoms with E-state index in [1.54, 1.807) is 11.9 Å². The zero-order valence-electron chi connectivity index (χ0n) is 19.3. The van der Waals surface area contributed by atoms with Crippen LogP contribution in [0.2, 0.25) is 0 Å². The Kier molecular flexibility index (Phi) is 5.98. The number of carbonyl (C=O) groups is 3. The van der Waals surface area contributed by atoms with Crippen LogP contribution >= 0.6 is 0 Å². The van der Waals surface area contributed by atoms with E-state index in [9.17, 15) is 19.5 Å².